The molecule has 0 aromatic heterocycles. The van der Waals surface area contributed by atoms with Crippen LogP contribution in [0, 0.1) is 0 Å². The first kappa shape index (κ1) is 26.4. The van der Waals surface area contributed by atoms with Crippen molar-refractivity contribution in [3.63, 3.8) is 0 Å². The van der Waals surface area contributed by atoms with Gasteiger partial charge >= 0.3 is 5.97 Å². The van der Waals surface area contributed by atoms with E-state index in [2.05, 4.69) is 27.4 Å². The molecular weight excluding hydrogens is 459 g/mol. The average molecular weight is 498 g/mol. The molecule has 1 rings (SSSR count). The molecule has 2 N–H and O–H groups in total. The zero-order valence-electron chi connectivity index (χ0n) is 17.1. The van der Waals surface area contributed by atoms with Crippen LogP contribution < -0.4 is 10.6 Å². The van der Waals surface area contributed by atoms with Crippen LogP contribution in [0.1, 0.15) is 52.4 Å². The van der Waals surface area contributed by atoms with Crippen molar-refractivity contribution in [2.24, 2.45) is 4.99 Å². The molecule has 0 aromatic rings. The molecule has 0 bridgehead atoms. The fourth-order valence-corrected chi connectivity index (χ4v) is 2.84. The number of nitrogens with one attached hydrogen (secondary N) is 2. The van der Waals surface area contributed by atoms with Gasteiger partial charge in [0.15, 0.2) is 5.96 Å². The number of guanidine groups is 1. The van der Waals surface area contributed by atoms with Crippen LogP contribution in [0.15, 0.2) is 4.99 Å². The van der Waals surface area contributed by atoms with Gasteiger partial charge in [0.2, 0.25) is 0 Å². The molecule has 0 aromatic carbocycles. The molecule has 1 aliphatic rings. The van der Waals surface area contributed by atoms with Crippen LogP contribution in [0.25, 0.3) is 0 Å². The summed E-state index contributed by atoms with van der Waals surface area (Å²) in [5.74, 6) is 0.824. The minimum absolute atomic E-state index is 0. The van der Waals surface area contributed by atoms with Crippen LogP contribution in [-0.2, 0) is 14.3 Å². The Bertz CT molecular complexity index is 391. The van der Waals surface area contributed by atoms with Gasteiger partial charge in [-0.1, -0.05) is 12.8 Å². The molecule has 0 aliphatic carbocycles. The Balaban J connectivity index is 0.00000676. The SMILES string of the molecule is CCNC(=NCCCN1CCOCC1)NCCCCCCC(=O)OCC.I. The second kappa shape index (κ2) is 18.7. The van der Waals surface area contributed by atoms with Crippen molar-refractivity contribution in [3.8, 4) is 0 Å². The smallest absolute Gasteiger partial charge is 0.305 e. The lowest BCUT2D eigenvalue weighted by molar-refractivity contribution is -0.143. The second-order valence-electron chi connectivity index (χ2n) is 6.46. The molecule has 0 spiro atoms. The van der Waals surface area contributed by atoms with E-state index < -0.39 is 0 Å². The van der Waals surface area contributed by atoms with Gasteiger partial charge in [-0.05, 0) is 33.1 Å². The fourth-order valence-electron chi connectivity index (χ4n) is 2.84. The van der Waals surface area contributed by atoms with Gasteiger partial charge in [-0.3, -0.25) is 14.7 Å². The lowest BCUT2D eigenvalue weighted by Crippen LogP contribution is -2.38. The fraction of sp³-hybridized carbons (Fsp3) is 0.895. The molecule has 0 atom stereocenters. The molecule has 27 heavy (non-hydrogen) atoms. The predicted octanol–water partition coefficient (Wildman–Crippen LogP) is 2.40. The number of hydrogen-bond donors (Lipinski definition) is 2. The summed E-state index contributed by atoms with van der Waals surface area (Å²) in [4.78, 5) is 18.3. The Morgan fingerprint density at radius 1 is 1.07 bits per heavy atom. The maximum absolute atomic E-state index is 11.3. The first-order valence-electron chi connectivity index (χ1n) is 10.2. The van der Waals surface area contributed by atoms with Crippen LogP contribution >= 0.6 is 24.0 Å². The summed E-state index contributed by atoms with van der Waals surface area (Å²) in [5, 5.41) is 6.69. The lowest BCUT2D eigenvalue weighted by atomic mass is 10.1. The van der Waals surface area contributed by atoms with Crippen molar-refractivity contribution < 1.29 is 14.3 Å². The van der Waals surface area contributed by atoms with Crippen LogP contribution in [0.2, 0.25) is 0 Å². The Morgan fingerprint density at radius 3 is 2.52 bits per heavy atom. The predicted molar refractivity (Wildman–Crippen MR) is 121 cm³/mol. The first-order valence-corrected chi connectivity index (χ1v) is 10.2. The molecule has 1 aliphatic heterocycles. The number of morpholine rings is 1. The number of aliphatic imine (C=N–C) groups is 1. The number of nitrogens with zero attached hydrogens (tertiary/aromatic N) is 2. The van der Waals surface area contributed by atoms with Crippen molar-refractivity contribution in [3.05, 3.63) is 0 Å². The van der Waals surface area contributed by atoms with Crippen molar-refractivity contribution in [2.75, 3.05) is 59.1 Å². The van der Waals surface area contributed by atoms with Crippen LogP contribution in [0.5, 0.6) is 0 Å². The van der Waals surface area contributed by atoms with E-state index in [0.29, 0.717) is 13.0 Å². The summed E-state index contributed by atoms with van der Waals surface area (Å²) >= 11 is 0. The normalized spacial score (nSPS) is 15.1. The monoisotopic (exact) mass is 498 g/mol. The highest BCUT2D eigenvalue weighted by Crippen LogP contribution is 2.03. The first-order chi connectivity index (χ1) is 12.8. The van der Waals surface area contributed by atoms with Crippen LogP contribution in [-0.4, -0.2) is 75.9 Å². The molecule has 0 radical (unpaired) electrons. The second-order valence-corrected chi connectivity index (χ2v) is 6.46. The summed E-state index contributed by atoms with van der Waals surface area (Å²) < 4.78 is 10.3. The minimum atomic E-state index is -0.0794. The van der Waals surface area contributed by atoms with Crippen LogP contribution in [0.3, 0.4) is 0 Å². The molecule has 1 heterocycles. The summed E-state index contributed by atoms with van der Waals surface area (Å²) in [7, 11) is 0. The third-order valence-corrected chi connectivity index (χ3v) is 4.26. The standard InChI is InChI=1S/C19H38N4O3.HI/c1-3-20-19(22-12-9-13-23-14-16-25-17-15-23)21-11-8-6-5-7-10-18(24)26-4-2;/h3-17H2,1-2H3,(H2,20,21,22);1H. The Morgan fingerprint density at radius 2 is 1.81 bits per heavy atom. The van der Waals surface area contributed by atoms with Crippen molar-refractivity contribution in [1.82, 2.24) is 15.5 Å². The van der Waals surface area contributed by atoms with Crippen molar-refractivity contribution in [2.45, 2.75) is 52.4 Å². The lowest BCUT2D eigenvalue weighted by Gasteiger charge is -2.26. The maximum atomic E-state index is 11.3. The van der Waals surface area contributed by atoms with Crippen LogP contribution in [0.4, 0.5) is 0 Å². The van der Waals surface area contributed by atoms with E-state index in [1.807, 2.05) is 6.92 Å². The molecule has 0 unspecified atom stereocenters. The van der Waals surface area contributed by atoms with Gasteiger partial charge in [-0.15, -0.1) is 24.0 Å². The van der Waals surface area contributed by atoms with E-state index >= 15 is 0 Å². The van der Waals surface area contributed by atoms with E-state index in [9.17, 15) is 4.79 Å². The molecule has 0 saturated carbocycles. The largest absolute Gasteiger partial charge is 0.466 e. The Hall–Kier alpha value is -0.610. The number of carbonyl (C=O) groups excluding carboxylic acids is 1. The number of hydrogen-bond acceptors (Lipinski definition) is 5. The highest BCUT2D eigenvalue weighted by Gasteiger charge is 2.09. The number of halogens is 1. The third-order valence-electron chi connectivity index (χ3n) is 4.26. The van der Waals surface area contributed by atoms with E-state index in [0.717, 1.165) is 90.5 Å². The number of rotatable bonds is 13. The zero-order chi connectivity index (χ0) is 18.9. The number of unbranched alkanes of at least 4 members (excludes halogenated alkanes) is 3. The number of esters is 1. The Labute approximate surface area is 182 Å². The molecule has 1 saturated heterocycles. The van der Waals surface area contributed by atoms with E-state index in [1.165, 1.54) is 0 Å². The molecule has 1 fully saturated rings. The zero-order valence-corrected chi connectivity index (χ0v) is 19.5. The summed E-state index contributed by atoms with van der Waals surface area (Å²) in [6.45, 7) is 11.9. The third kappa shape index (κ3) is 15.0. The van der Waals surface area contributed by atoms with Gasteiger partial charge in [0, 0.05) is 45.7 Å². The summed E-state index contributed by atoms with van der Waals surface area (Å²) in [5.41, 5.74) is 0. The van der Waals surface area contributed by atoms with Gasteiger partial charge in [0.25, 0.3) is 0 Å². The van der Waals surface area contributed by atoms with Gasteiger partial charge < -0.3 is 20.1 Å². The molecule has 0 amide bonds. The average Bonchev–Trinajstić information content (AvgIpc) is 2.65. The topological polar surface area (TPSA) is 75.2 Å². The quantitative estimate of drug-likeness (QED) is 0.134. The van der Waals surface area contributed by atoms with E-state index in [4.69, 9.17) is 9.47 Å². The summed E-state index contributed by atoms with van der Waals surface area (Å²) in [6.07, 6.45) is 5.78. The summed E-state index contributed by atoms with van der Waals surface area (Å²) in [6, 6.07) is 0. The molecule has 7 nitrogen and oxygen atoms in total. The highest BCUT2D eigenvalue weighted by atomic mass is 127. The minimum Gasteiger partial charge on any atom is -0.466 e. The van der Waals surface area contributed by atoms with Crippen molar-refractivity contribution >= 4 is 35.9 Å². The van der Waals surface area contributed by atoms with Gasteiger partial charge in [0.1, 0.15) is 0 Å². The van der Waals surface area contributed by atoms with Crippen molar-refractivity contribution in [1.29, 1.82) is 0 Å². The Kier molecular flexibility index (Phi) is 18.3. The van der Waals surface area contributed by atoms with Gasteiger partial charge in [0.05, 0.1) is 19.8 Å². The maximum Gasteiger partial charge on any atom is 0.305 e. The van der Waals surface area contributed by atoms with E-state index in [1.54, 1.807) is 0 Å². The molecule has 8 heteroatoms. The van der Waals surface area contributed by atoms with E-state index in [-0.39, 0.29) is 29.9 Å². The number of carbonyl (C=O) groups is 1. The molecule has 160 valence electrons. The highest BCUT2D eigenvalue weighted by molar-refractivity contribution is 14.0. The number of ether oxygens (including phenoxy) is 2. The molecular formula is C19H39IN4O3. The van der Waals surface area contributed by atoms with Gasteiger partial charge in [-0.2, -0.15) is 0 Å². The van der Waals surface area contributed by atoms with Gasteiger partial charge in [-0.25, -0.2) is 0 Å².